The molecule has 1 saturated heterocycles. The van der Waals surface area contributed by atoms with Crippen molar-refractivity contribution in [2.75, 3.05) is 20.2 Å². The summed E-state index contributed by atoms with van der Waals surface area (Å²) in [5.41, 5.74) is 1.02. The summed E-state index contributed by atoms with van der Waals surface area (Å²) in [7, 11) is 1.30. The maximum absolute atomic E-state index is 14.0. The molecule has 31 heavy (non-hydrogen) atoms. The lowest BCUT2D eigenvalue weighted by Gasteiger charge is -2.42. The predicted octanol–water partition coefficient (Wildman–Crippen LogP) is 4.03. The van der Waals surface area contributed by atoms with E-state index in [0.29, 0.717) is 16.7 Å². The Labute approximate surface area is 181 Å². The van der Waals surface area contributed by atoms with Crippen molar-refractivity contribution in [2.24, 2.45) is 0 Å². The van der Waals surface area contributed by atoms with E-state index in [4.69, 9.17) is 4.74 Å². The predicted molar refractivity (Wildman–Crippen MR) is 114 cm³/mol. The van der Waals surface area contributed by atoms with Gasteiger partial charge in [0, 0.05) is 5.54 Å². The SMILES string of the molecule is COC(=O)c1cccc(CC(=O)NC(c2ccc(F)c(F)c2)C(C)(C)N2CCCC2)c1. The van der Waals surface area contributed by atoms with Gasteiger partial charge in [0.05, 0.1) is 25.1 Å². The molecule has 166 valence electrons. The molecule has 5 nitrogen and oxygen atoms in total. The van der Waals surface area contributed by atoms with Crippen molar-refractivity contribution in [3.8, 4) is 0 Å². The smallest absolute Gasteiger partial charge is 0.337 e. The highest BCUT2D eigenvalue weighted by molar-refractivity contribution is 5.90. The molecule has 1 aliphatic rings. The summed E-state index contributed by atoms with van der Waals surface area (Å²) in [5.74, 6) is -2.62. The van der Waals surface area contributed by atoms with Gasteiger partial charge in [-0.25, -0.2) is 13.6 Å². The van der Waals surface area contributed by atoms with Crippen molar-refractivity contribution in [3.05, 3.63) is 70.8 Å². The number of likely N-dealkylation sites (tertiary alicyclic amines) is 1. The van der Waals surface area contributed by atoms with Gasteiger partial charge in [-0.15, -0.1) is 0 Å². The van der Waals surface area contributed by atoms with Crippen LogP contribution in [0.25, 0.3) is 0 Å². The van der Waals surface area contributed by atoms with E-state index in [0.717, 1.165) is 38.1 Å². The van der Waals surface area contributed by atoms with Crippen LogP contribution in [-0.4, -0.2) is 42.5 Å². The van der Waals surface area contributed by atoms with Crippen molar-refractivity contribution in [3.63, 3.8) is 0 Å². The molecule has 1 aliphatic heterocycles. The quantitative estimate of drug-likeness (QED) is 0.674. The Morgan fingerprint density at radius 2 is 1.81 bits per heavy atom. The minimum Gasteiger partial charge on any atom is -0.465 e. The average molecular weight is 430 g/mol. The van der Waals surface area contributed by atoms with Crippen molar-refractivity contribution < 1.29 is 23.1 Å². The van der Waals surface area contributed by atoms with E-state index in [1.54, 1.807) is 24.3 Å². The van der Waals surface area contributed by atoms with Gasteiger partial charge in [-0.3, -0.25) is 9.69 Å². The van der Waals surface area contributed by atoms with Gasteiger partial charge in [-0.1, -0.05) is 18.2 Å². The molecule has 1 atom stereocenters. The van der Waals surface area contributed by atoms with Crippen LogP contribution in [0.2, 0.25) is 0 Å². The first-order valence-electron chi connectivity index (χ1n) is 10.4. The highest BCUT2D eigenvalue weighted by atomic mass is 19.2. The second-order valence-corrected chi connectivity index (χ2v) is 8.39. The first-order valence-corrected chi connectivity index (χ1v) is 10.4. The molecular formula is C24H28F2N2O3. The molecule has 1 heterocycles. The number of hydrogen-bond donors (Lipinski definition) is 1. The van der Waals surface area contributed by atoms with Crippen molar-refractivity contribution in [1.29, 1.82) is 0 Å². The Balaban J connectivity index is 1.85. The van der Waals surface area contributed by atoms with Crippen LogP contribution in [0.15, 0.2) is 42.5 Å². The van der Waals surface area contributed by atoms with Gasteiger partial charge in [0.15, 0.2) is 11.6 Å². The van der Waals surface area contributed by atoms with E-state index < -0.39 is 29.2 Å². The molecule has 2 aromatic carbocycles. The minimum absolute atomic E-state index is 0.0427. The Morgan fingerprint density at radius 3 is 2.45 bits per heavy atom. The molecule has 2 aromatic rings. The van der Waals surface area contributed by atoms with Crippen LogP contribution in [0.4, 0.5) is 8.78 Å². The number of rotatable bonds is 7. The normalized spacial score (nSPS) is 15.5. The van der Waals surface area contributed by atoms with Gasteiger partial charge in [0.25, 0.3) is 0 Å². The van der Waals surface area contributed by atoms with Gasteiger partial charge in [0.2, 0.25) is 5.91 Å². The summed E-state index contributed by atoms with van der Waals surface area (Å²) < 4.78 is 32.3. The van der Waals surface area contributed by atoms with Gasteiger partial charge in [0.1, 0.15) is 0 Å². The van der Waals surface area contributed by atoms with Crippen molar-refractivity contribution in [2.45, 2.75) is 44.7 Å². The van der Waals surface area contributed by atoms with Crippen LogP contribution in [0.1, 0.15) is 54.2 Å². The number of esters is 1. The van der Waals surface area contributed by atoms with Gasteiger partial charge < -0.3 is 10.1 Å². The zero-order valence-electron chi connectivity index (χ0n) is 18.1. The summed E-state index contributed by atoms with van der Waals surface area (Å²) in [6.07, 6.45) is 2.16. The standard InChI is InChI=1S/C24H28F2N2O3/c1-24(2,28-11-4-5-12-28)22(17-9-10-19(25)20(26)15-17)27-21(29)14-16-7-6-8-18(13-16)23(30)31-3/h6-10,13,15,22H,4-5,11-12,14H2,1-3H3,(H,27,29). The van der Waals surface area contributed by atoms with E-state index in [1.165, 1.54) is 13.2 Å². The molecule has 0 spiro atoms. The van der Waals surface area contributed by atoms with Crippen LogP contribution in [-0.2, 0) is 16.0 Å². The molecule has 1 N–H and O–H groups in total. The third-order valence-corrected chi connectivity index (χ3v) is 5.92. The number of carbonyl (C=O) groups is 2. The third kappa shape index (κ3) is 5.28. The number of nitrogens with zero attached hydrogens (tertiary/aromatic N) is 1. The third-order valence-electron chi connectivity index (χ3n) is 5.92. The lowest BCUT2D eigenvalue weighted by atomic mass is 9.86. The Morgan fingerprint density at radius 1 is 1.10 bits per heavy atom. The van der Waals surface area contributed by atoms with Gasteiger partial charge in [-0.2, -0.15) is 0 Å². The molecule has 7 heteroatoms. The van der Waals surface area contributed by atoms with E-state index in [-0.39, 0.29) is 12.3 Å². The molecule has 1 amide bonds. The zero-order valence-corrected chi connectivity index (χ0v) is 18.1. The van der Waals surface area contributed by atoms with Crippen LogP contribution in [0.3, 0.4) is 0 Å². The number of ether oxygens (including phenoxy) is 1. The minimum atomic E-state index is -0.945. The second-order valence-electron chi connectivity index (χ2n) is 8.39. The zero-order chi connectivity index (χ0) is 22.6. The molecule has 0 aliphatic carbocycles. The van der Waals surface area contributed by atoms with Crippen molar-refractivity contribution >= 4 is 11.9 Å². The summed E-state index contributed by atoms with van der Waals surface area (Å²) in [6, 6.07) is 9.88. The molecule has 1 unspecified atom stereocenters. The number of nitrogens with one attached hydrogen (secondary N) is 1. The monoisotopic (exact) mass is 430 g/mol. The maximum Gasteiger partial charge on any atom is 0.337 e. The highest BCUT2D eigenvalue weighted by Gasteiger charge is 2.39. The topological polar surface area (TPSA) is 58.6 Å². The van der Waals surface area contributed by atoms with Crippen LogP contribution in [0, 0.1) is 11.6 Å². The number of methoxy groups -OCH3 is 1. The van der Waals surface area contributed by atoms with Crippen LogP contribution < -0.4 is 5.32 Å². The molecule has 3 rings (SSSR count). The molecule has 0 aromatic heterocycles. The number of carbonyl (C=O) groups excluding carboxylic acids is 2. The first-order chi connectivity index (χ1) is 14.7. The molecular weight excluding hydrogens is 402 g/mol. The first kappa shape index (κ1) is 22.9. The molecule has 1 fully saturated rings. The fourth-order valence-electron chi connectivity index (χ4n) is 4.16. The Bertz CT molecular complexity index is 956. The Kier molecular flexibility index (Phi) is 7.05. The van der Waals surface area contributed by atoms with Gasteiger partial charge >= 0.3 is 5.97 Å². The number of amides is 1. The fraction of sp³-hybridized carbons (Fsp3) is 0.417. The number of hydrogen-bond acceptors (Lipinski definition) is 4. The average Bonchev–Trinajstić information content (AvgIpc) is 3.29. The summed E-state index contributed by atoms with van der Waals surface area (Å²) >= 11 is 0. The largest absolute Gasteiger partial charge is 0.465 e. The Hall–Kier alpha value is -2.80. The summed E-state index contributed by atoms with van der Waals surface area (Å²) in [5, 5.41) is 3.02. The molecule has 0 bridgehead atoms. The van der Waals surface area contributed by atoms with Crippen molar-refractivity contribution in [1.82, 2.24) is 10.2 Å². The highest BCUT2D eigenvalue weighted by Crippen LogP contribution is 2.34. The number of benzene rings is 2. The van der Waals surface area contributed by atoms with E-state index in [2.05, 4.69) is 10.2 Å². The number of halogens is 2. The lowest BCUT2D eigenvalue weighted by molar-refractivity contribution is -0.122. The van der Waals surface area contributed by atoms with Crippen LogP contribution in [0.5, 0.6) is 0 Å². The maximum atomic E-state index is 14.0. The molecule has 0 radical (unpaired) electrons. The molecule has 0 saturated carbocycles. The van der Waals surface area contributed by atoms with Gasteiger partial charge in [-0.05, 0) is 75.2 Å². The lowest BCUT2D eigenvalue weighted by Crippen LogP contribution is -2.53. The van der Waals surface area contributed by atoms with E-state index in [9.17, 15) is 18.4 Å². The van der Waals surface area contributed by atoms with E-state index >= 15 is 0 Å². The second kappa shape index (κ2) is 9.56. The van der Waals surface area contributed by atoms with E-state index in [1.807, 2.05) is 13.8 Å². The van der Waals surface area contributed by atoms with Crippen LogP contribution >= 0.6 is 0 Å². The fourth-order valence-corrected chi connectivity index (χ4v) is 4.16. The summed E-state index contributed by atoms with van der Waals surface area (Å²) in [6.45, 7) is 5.76. The summed E-state index contributed by atoms with van der Waals surface area (Å²) in [4.78, 5) is 27.0.